The predicted molar refractivity (Wildman–Crippen MR) is 126 cm³/mol. The Morgan fingerprint density at radius 3 is 2.54 bits per heavy atom. The second-order valence-electron chi connectivity index (χ2n) is 7.79. The Morgan fingerprint density at radius 2 is 1.89 bits per heavy atom. The number of benzene rings is 2. The number of primary amides is 1. The van der Waals surface area contributed by atoms with Crippen LogP contribution in [0.1, 0.15) is 11.1 Å². The van der Waals surface area contributed by atoms with Gasteiger partial charge in [0.25, 0.3) is 5.56 Å². The van der Waals surface area contributed by atoms with Crippen molar-refractivity contribution in [3.05, 3.63) is 86.8 Å². The van der Waals surface area contributed by atoms with Gasteiger partial charge < -0.3 is 15.0 Å². The molecule has 35 heavy (non-hydrogen) atoms. The third-order valence-electron chi connectivity index (χ3n) is 5.36. The number of rotatable bonds is 6. The normalized spacial score (nSPS) is 13.1. The van der Waals surface area contributed by atoms with Crippen LogP contribution in [0.15, 0.2) is 53.5 Å². The fraction of sp³-hybridized carbons (Fsp3) is 0.182. The van der Waals surface area contributed by atoms with Crippen LogP contribution in [-0.2, 0) is 23.2 Å². The Morgan fingerprint density at radius 1 is 1.14 bits per heavy atom. The van der Waals surface area contributed by atoms with Crippen LogP contribution in [0.3, 0.4) is 0 Å². The minimum Gasteiger partial charge on any atom is -0.487 e. The van der Waals surface area contributed by atoms with Gasteiger partial charge in [-0.05, 0) is 35.9 Å². The molecule has 0 unspecified atom stereocenters. The fourth-order valence-corrected chi connectivity index (χ4v) is 4.67. The van der Waals surface area contributed by atoms with Crippen LogP contribution < -0.4 is 25.2 Å². The van der Waals surface area contributed by atoms with Crippen molar-refractivity contribution >= 4 is 39.0 Å². The van der Waals surface area contributed by atoms with Crippen LogP contribution in [0.4, 0.5) is 25.0 Å². The third kappa shape index (κ3) is 4.93. The minimum absolute atomic E-state index is 0.0225. The summed E-state index contributed by atoms with van der Waals surface area (Å²) in [4.78, 5) is 25.7. The highest BCUT2D eigenvalue weighted by molar-refractivity contribution is 7.92. The summed E-state index contributed by atoms with van der Waals surface area (Å²) < 4.78 is 58.8. The van der Waals surface area contributed by atoms with Crippen molar-refractivity contribution in [1.82, 2.24) is 4.57 Å². The number of ether oxygens (including phenoxy) is 1. The van der Waals surface area contributed by atoms with Crippen molar-refractivity contribution in [2.24, 2.45) is 5.73 Å². The molecule has 2 heterocycles. The van der Waals surface area contributed by atoms with Gasteiger partial charge in [0.2, 0.25) is 10.0 Å². The summed E-state index contributed by atoms with van der Waals surface area (Å²) in [6, 6.07) is 8.35. The number of carbonyl (C=O) groups excluding carboxylic acids is 1. The first kappa shape index (κ1) is 24.5. The quantitative estimate of drug-likeness (QED) is 0.532. The number of pyridine rings is 1. The molecule has 1 aliphatic heterocycles. The molecule has 1 aromatic heterocycles. The van der Waals surface area contributed by atoms with Crippen molar-refractivity contribution in [2.45, 2.75) is 13.2 Å². The van der Waals surface area contributed by atoms with E-state index in [1.807, 2.05) is 0 Å². The zero-order chi connectivity index (χ0) is 25.5. The maximum Gasteiger partial charge on any atom is 0.320 e. The number of hydrogen-bond acceptors (Lipinski definition) is 5. The van der Waals surface area contributed by atoms with Gasteiger partial charge >= 0.3 is 6.03 Å². The van der Waals surface area contributed by atoms with Crippen LogP contribution in [0.5, 0.6) is 5.75 Å². The number of amides is 2. The van der Waals surface area contributed by atoms with E-state index in [0.29, 0.717) is 11.3 Å². The molecular formula is C22H19ClF2N4O5S. The van der Waals surface area contributed by atoms with Gasteiger partial charge in [-0.1, -0.05) is 17.7 Å². The molecule has 9 nitrogen and oxygen atoms in total. The van der Waals surface area contributed by atoms with E-state index in [1.54, 1.807) is 12.1 Å². The number of fused-ring (bicyclic) bond motifs is 1. The van der Waals surface area contributed by atoms with Gasteiger partial charge in [0.1, 0.15) is 35.7 Å². The number of hydrogen-bond donors (Lipinski definition) is 1. The molecule has 0 fully saturated rings. The highest BCUT2D eigenvalue weighted by Crippen LogP contribution is 2.38. The zero-order valence-corrected chi connectivity index (χ0v) is 19.8. The molecule has 184 valence electrons. The van der Waals surface area contributed by atoms with Crippen molar-refractivity contribution < 1.29 is 26.7 Å². The van der Waals surface area contributed by atoms with Gasteiger partial charge in [0.15, 0.2) is 0 Å². The molecule has 2 aromatic carbocycles. The van der Waals surface area contributed by atoms with Crippen LogP contribution in [-0.4, -0.2) is 31.9 Å². The summed E-state index contributed by atoms with van der Waals surface area (Å²) in [5.41, 5.74) is 6.06. The zero-order valence-electron chi connectivity index (χ0n) is 18.2. The van der Waals surface area contributed by atoms with Gasteiger partial charge in [0, 0.05) is 17.8 Å². The van der Waals surface area contributed by atoms with Crippen LogP contribution in [0.25, 0.3) is 0 Å². The summed E-state index contributed by atoms with van der Waals surface area (Å²) >= 11 is 6.17. The largest absolute Gasteiger partial charge is 0.487 e. The Hall–Kier alpha value is -3.64. The van der Waals surface area contributed by atoms with Crippen molar-refractivity contribution in [3.63, 3.8) is 0 Å². The average Bonchev–Trinajstić information content (AvgIpc) is 3.17. The first-order valence-corrected chi connectivity index (χ1v) is 12.3. The lowest BCUT2D eigenvalue weighted by molar-refractivity contribution is 0.254. The van der Waals surface area contributed by atoms with Crippen molar-refractivity contribution in [3.8, 4) is 5.75 Å². The number of halogens is 3. The summed E-state index contributed by atoms with van der Waals surface area (Å²) in [6.07, 6.45) is 2.44. The van der Waals surface area contributed by atoms with E-state index in [9.17, 15) is 26.8 Å². The molecule has 0 spiro atoms. The molecule has 0 bridgehead atoms. The number of aromatic nitrogens is 1. The smallest absolute Gasteiger partial charge is 0.320 e. The van der Waals surface area contributed by atoms with Gasteiger partial charge in [-0.2, -0.15) is 0 Å². The van der Waals surface area contributed by atoms with Crippen LogP contribution >= 0.6 is 11.6 Å². The lowest BCUT2D eigenvalue weighted by atomic mass is 10.1. The minimum atomic E-state index is -3.65. The molecular weight excluding hydrogens is 506 g/mol. The maximum atomic E-state index is 13.8. The van der Waals surface area contributed by atoms with Crippen LogP contribution in [0, 0.1) is 11.6 Å². The van der Waals surface area contributed by atoms with E-state index < -0.39 is 33.2 Å². The molecule has 2 N–H and O–H groups in total. The predicted octanol–water partition coefficient (Wildman–Crippen LogP) is 3.03. The molecule has 13 heteroatoms. The summed E-state index contributed by atoms with van der Waals surface area (Å²) in [7, 11) is -3.65. The lowest BCUT2D eigenvalue weighted by Crippen LogP contribution is -2.40. The Kier molecular flexibility index (Phi) is 6.43. The first-order valence-electron chi connectivity index (χ1n) is 10.1. The molecule has 0 atom stereocenters. The van der Waals surface area contributed by atoms with Crippen molar-refractivity contribution in [2.75, 3.05) is 22.1 Å². The number of anilines is 2. The van der Waals surface area contributed by atoms with Gasteiger partial charge in [-0.15, -0.1) is 0 Å². The van der Waals surface area contributed by atoms with Crippen molar-refractivity contribution in [1.29, 1.82) is 0 Å². The standard InChI is InChI=1S/C22H19ClF2N4O5S/c1-35(32,33)29-12-28(22(26)31)18-8-13(2-5-17(18)29)10-27-7-6-19(20(23)21(27)30)34-11-14-3-4-15(24)9-16(14)25/h2-9H,10-12H2,1H3,(H2,26,31). The molecule has 4 rings (SSSR count). The second-order valence-corrected chi connectivity index (χ2v) is 10.1. The van der Waals surface area contributed by atoms with Gasteiger partial charge in [-0.25, -0.2) is 26.3 Å². The van der Waals surface area contributed by atoms with E-state index in [4.69, 9.17) is 22.1 Å². The topological polar surface area (TPSA) is 115 Å². The summed E-state index contributed by atoms with van der Waals surface area (Å²) in [5, 5.41) is -0.238. The molecule has 0 saturated heterocycles. The summed E-state index contributed by atoms with van der Waals surface area (Å²) in [6.45, 7) is -0.469. The Labute approximate surface area is 203 Å². The van der Waals surface area contributed by atoms with Gasteiger partial charge in [-0.3, -0.25) is 9.69 Å². The van der Waals surface area contributed by atoms with Gasteiger partial charge in [0.05, 0.1) is 24.2 Å². The number of nitrogens with zero attached hydrogens (tertiary/aromatic N) is 3. The number of carbonyl (C=O) groups is 1. The van der Waals surface area contributed by atoms with E-state index in [2.05, 4.69) is 0 Å². The second kappa shape index (κ2) is 9.19. The fourth-order valence-electron chi connectivity index (χ4n) is 3.60. The Bertz CT molecular complexity index is 1500. The third-order valence-corrected chi connectivity index (χ3v) is 6.82. The number of nitrogens with two attached hydrogens (primary N) is 1. The number of sulfonamides is 1. The molecule has 2 amide bonds. The summed E-state index contributed by atoms with van der Waals surface area (Å²) in [5.74, 6) is -1.48. The molecule has 0 saturated carbocycles. The number of urea groups is 1. The first-order chi connectivity index (χ1) is 16.5. The monoisotopic (exact) mass is 524 g/mol. The molecule has 3 aromatic rings. The highest BCUT2D eigenvalue weighted by atomic mass is 35.5. The molecule has 1 aliphatic rings. The lowest BCUT2D eigenvalue weighted by Gasteiger charge is -2.16. The average molecular weight is 525 g/mol. The maximum absolute atomic E-state index is 13.8. The van der Waals surface area contributed by atoms with Crippen LogP contribution in [0.2, 0.25) is 5.02 Å². The Balaban J connectivity index is 1.57. The molecule has 0 aliphatic carbocycles. The highest BCUT2D eigenvalue weighted by Gasteiger charge is 2.34. The van der Waals surface area contributed by atoms with E-state index in [0.717, 1.165) is 27.6 Å². The molecule has 0 radical (unpaired) electrons. The SMILES string of the molecule is CS(=O)(=O)N1CN(C(N)=O)c2cc(Cn3ccc(OCc4ccc(F)cc4F)c(Cl)c3=O)ccc21. The van der Waals surface area contributed by atoms with E-state index >= 15 is 0 Å². The van der Waals surface area contributed by atoms with E-state index in [-0.39, 0.29) is 41.8 Å². The van der Waals surface area contributed by atoms with E-state index in [1.165, 1.54) is 29.0 Å².